The average molecular weight is 268 g/mol. The number of aromatic nitrogens is 1. The van der Waals surface area contributed by atoms with E-state index in [9.17, 15) is 13.6 Å². The van der Waals surface area contributed by atoms with Crippen molar-refractivity contribution < 1.29 is 23.8 Å². The minimum absolute atomic E-state index is 0.0492. The van der Waals surface area contributed by atoms with Gasteiger partial charge in [-0.1, -0.05) is 0 Å². The van der Waals surface area contributed by atoms with E-state index in [1.54, 1.807) is 0 Å². The topological polar surface area (TPSA) is 70.4 Å². The van der Waals surface area contributed by atoms with Gasteiger partial charge in [-0.05, 0) is 22.0 Å². The van der Waals surface area contributed by atoms with Crippen LogP contribution in [0.25, 0.3) is 0 Å². The van der Waals surface area contributed by atoms with Crippen molar-refractivity contribution in [3.8, 4) is 5.75 Å². The van der Waals surface area contributed by atoms with Crippen molar-refractivity contribution in [3.63, 3.8) is 0 Å². The molecule has 1 rings (SSSR count). The number of carbonyl (C=O) groups is 1. The molecule has 1 heterocycles. The van der Waals surface area contributed by atoms with Gasteiger partial charge in [0.2, 0.25) is 0 Å². The zero-order chi connectivity index (χ0) is 10.9. The van der Waals surface area contributed by atoms with E-state index in [2.05, 4.69) is 20.9 Å². The van der Waals surface area contributed by atoms with Crippen LogP contribution >= 0.6 is 15.9 Å². The molecule has 76 valence electrons. The highest BCUT2D eigenvalue weighted by molar-refractivity contribution is 9.10. The van der Waals surface area contributed by atoms with Gasteiger partial charge in [0.25, 0.3) is 6.43 Å². The van der Waals surface area contributed by atoms with Gasteiger partial charge in [-0.3, -0.25) is 0 Å². The Hall–Kier alpha value is -1.24. The predicted molar refractivity (Wildman–Crippen MR) is 45.5 cm³/mol. The van der Waals surface area contributed by atoms with Crippen molar-refractivity contribution >= 4 is 21.9 Å². The summed E-state index contributed by atoms with van der Waals surface area (Å²) in [6.07, 6.45) is -3.01. The first-order chi connectivity index (χ1) is 6.43. The van der Waals surface area contributed by atoms with Crippen LogP contribution in [0.3, 0.4) is 0 Å². The summed E-state index contributed by atoms with van der Waals surface area (Å²) in [5.41, 5.74) is -1.50. The first-order valence-corrected chi connectivity index (χ1v) is 4.13. The number of alkyl halides is 2. The lowest BCUT2D eigenvalue weighted by Crippen LogP contribution is -2.04. The van der Waals surface area contributed by atoms with E-state index in [0.29, 0.717) is 0 Å². The number of carboxylic acids is 1. The standard InChI is InChI=1S/C7H4BrF2NO3/c8-2-1-3(12)5(6(9)10)11-4(2)7(13)14/h1,6,12H,(H,13,14). The summed E-state index contributed by atoms with van der Waals surface area (Å²) in [5.74, 6) is -2.18. The molecule has 0 radical (unpaired) electrons. The molecular weight excluding hydrogens is 264 g/mol. The molecule has 0 aliphatic rings. The highest BCUT2D eigenvalue weighted by Gasteiger charge is 2.20. The van der Waals surface area contributed by atoms with E-state index < -0.39 is 29.5 Å². The fraction of sp³-hybridized carbons (Fsp3) is 0.143. The fourth-order valence-electron chi connectivity index (χ4n) is 0.804. The molecule has 0 saturated heterocycles. The number of pyridine rings is 1. The molecule has 0 atom stereocenters. The van der Waals surface area contributed by atoms with Crippen LogP contribution in [0.5, 0.6) is 5.75 Å². The fourth-order valence-corrected chi connectivity index (χ4v) is 1.28. The highest BCUT2D eigenvalue weighted by atomic mass is 79.9. The molecule has 0 aliphatic carbocycles. The molecule has 0 saturated carbocycles. The Labute approximate surface area is 85.3 Å². The van der Waals surface area contributed by atoms with Crippen LogP contribution in [0.4, 0.5) is 8.78 Å². The number of nitrogens with zero attached hydrogens (tertiary/aromatic N) is 1. The van der Waals surface area contributed by atoms with Crippen molar-refractivity contribution in [2.45, 2.75) is 6.43 Å². The highest BCUT2D eigenvalue weighted by Crippen LogP contribution is 2.30. The molecule has 0 aromatic carbocycles. The Morgan fingerprint density at radius 2 is 2.14 bits per heavy atom. The number of aromatic carboxylic acids is 1. The Morgan fingerprint density at radius 3 is 2.57 bits per heavy atom. The van der Waals surface area contributed by atoms with Crippen molar-refractivity contribution in [2.75, 3.05) is 0 Å². The molecule has 7 heteroatoms. The van der Waals surface area contributed by atoms with E-state index in [1.807, 2.05) is 0 Å². The van der Waals surface area contributed by atoms with Crippen molar-refractivity contribution in [1.82, 2.24) is 4.98 Å². The molecule has 1 aromatic rings. The summed E-state index contributed by atoms with van der Waals surface area (Å²) in [7, 11) is 0. The second-order valence-electron chi connectivity index (χ2n) is 2.33. The molecule has 0 unspecified atom stereocenters. The first kappa shape index (κ1) is 10.8. The lowest BCUT2D eigenvalue weighted by atomic mass is 10.3. The van der Waals surface area contributed by atoms with Gasteiger partial charge in [0.05, 0.1) is 4.47 Å². The van der Waals surface area contributed by atoms with E-state index >= 15 is 0 Å². The van der Waals surface area contributed by atoms with Gasteiger partial charge >= 0.3 is 5.97 Å². The molecule has 4 nitrogen and oxygen atoms in total. The van der Waals surface area contributed by atoms with E-state index in [1.165, 1.54) is 0 Å². The minimum Gasteiger partial charge on any atom is -0.506 e. The van der Waals surface area contributed by atoms with Crippen LogP contribution in [-0.4, -0.2) is 21.2 Å². The second kappa shape index (κ2) is 3.87. The van der Waals surface area contributed by atoms with Crippen LogP contribution < -0.4 is 0 Å². The van der Waals surface area contributed by atoms with Gasteiger partial charge in [0.1, 0.15) is 11.4 Å². The van der Waals surface area contributed by atoms with Gasteiger partial charge in [-0.25, -0.2) is 18.6 Å². The maximum atomic E-state index is 12.2. The van der Waals surface area contributed by atoms with Gasteiger partial charge in [0.15, 0.2) is 5.69 Å². The summed E-state index contributed by atoms with van der Waals surface area (Å²) in [5, 5.41) is 17.5. The number of halogens is 3. The molecule has 0 amide bonds. The van der Waals surface area contributed by atoms with E-state index in [-0.39, 0.29) is 4.47 Å². The number of hydrogen-bond donors (Lipinski definition) is 2. The summed E-state index contributed by atoms with van der Waals surface area (Å²) in [4.78, 5) is 13.6. The van der Waals surface area contributed by atoms with E-state index in [4.69, 9.17) is 10.2 Å². The molecule has 0 fully saturated rings. The van der Waals surface area contributed by atoms with E-state index in [0.717, 1.165) is 6.07 Å². The number of hydrogen-bond acceptors (Lipinski definition) is 3. The largest absolute Gasteiger partial charge is 0.506 e. The summed E-state index contributed by atoms with van der Waals surface area (Å²) >= 11 is 2.78. The molecule has 14 heavy (non-hydrogen) atoms. The lowest BCUT2D eigenvalue weighted by molar-refractivity contribution is 0.0687. The Kier molecular flexibility index (Phi) is 3.00. The summed E-state index contributed by atoms with van der Waals surface area (Å²) in [6, 6.07) is 0.873. The maximum Gasteiger partial charge on any atom is 0.355 e. The zero-order valence-electron chi connectivity index (χ0n) is 6.54. The molecule has 0 spiro atoms. The summed E-state index contributed by atoms with van der Waals surface area (Å²) in [6.45, 7) is 0. The van der Waals surface area contributed by atoms with Crippen LogP contribution in [0.1, 0.15) is 22.6 Å². The second-order valence-corrected chi connectivity index (χ2v) is 3.18. The Balaban J connectivity index is 3.34. The third kappa shape index (κ3) is 1.98. The third-order valence-electron chi connectivity index (χ3n) is 1.39. The van der Waals surface area contributed by atoms with Gasteiger partial charge in [-0.2, -0.15) is 0 Å². The van der Waals surface area contributed by atoms with Crippen molar-refractivity contribution in [2.24, 2.45) is 0 Å². The molecular formula is C7H4BrF2NO3. The maximum absolute atomic E-state index is 12.2. The zero-order valence-corrected chi connectivity index (χ0v) is 8.12. The van der Waals surface area contributed by atoms with Crippen LogP contribution in [0.2, 0.25) is 0 Å². The third-order valence-corrected chi connectivity index (χ3v) is 2.00. The Bertz CT molecular complexity index is 383. The lowest BCUT2D eigenvalue weighted by Gasteiger charge is -2.05. The van der Waals surface area contributed by atoms with Crippen LogP contribution in [0, 0.1) is 0 Å². The minimum atomic E-state index is -3.01. The van der Waals surface area contributed by atoms with Gasteiger partial charge in [-0.15, -0.1) is 0 Å². The Morgan fingerprint density at radius 1 is 1.57 bits per heavy atom. The van der Waals surface area contributed by atoms with Crippen LogP contribution in [-0.2, 0) is 0 Å². The molecule has 2 N–H and O–H groups in total. The molecule has 1 aromatic heterocycles. The molecule has 0 aliphatic heterocycles. The molecule has 0 bridgehead atoms. The SMILES string of the molecule is O=C(O)c1nc(C(F)F)c(O)cc1Br. The normalized spacial score (nSPS) is 10.6. The number of carboxylic acid groups (broad SMARTS) is 1. The average Bonchev–Trinajstić information content (AvgIpc) is 2.02. The van der Waals surface area contributed by atoms with Gasteiger partial charge < -0.3 is 10.2 Å². The monoisotopic (exact) mass is 267 g/mol. The predicted octanol–water partition coefficient (Wildman–Crippen LogP) is 2.19. The van der Waals surface area contributed by atoms with Crippen molar-refractivity contribution in [1.29, 1.82) is 0 Å². The van der Waals surface area contributed by atoms with Gasteiger partial charge in [0, 0.05) is 0 Å². The quantitative estimate of drug-likeness (QED) is 0.862. The number of rotatable bonds is 2. The summed E-state index contributed by atoms with van der Waals surface area (Å²) < 4.78 is 24.3. The van der Waals surface area contributed by atoms with Crippen LogP contribution in [0.15, 0.2) is 10.5 Å². The number of aromatic hydroxyl groups is 1. The van der Waals surface area contributed by atoms with Crippen molar-refractivity contribution in [3.05, 3.63) is 21.9 Å². The first-order valence-electron chi connectivity index (χ1n) is 3.34. The smallest absolute Gasteiger partial charge is 0.355 e.